The van der Waals surface area contributed by atoms with E-state index in [1.54, 1.807) is 6.08 Å². The Bertz CT molecular complexity index is 190. The van der Waals surface area contributed by atoms with E-state index in [0.717, 1.165) is 6.42 Å². The van der Waals surface area contributed by atoms with Gasteiger partial charge in [0.05, 0.1) is 0 Å². The molecule has 88 valence electrons. The Labute approximate surface area is 92.7 Å². The van der Waals surface area contributed by atoms with Crippen molar-refractivity contribution < 1.29 is 9.53 Å². The maximum atomic E-state index is 10.5. The lowest BCUT2D eigenvalue weighted by atomic mass is 10.1. The van der Waals surface area contributed by atoms with Crippen molar-refractivity contribution in [2.75, 3.05) is 0 Å². The molecule has 0 bridgehead atoms. The summed E-state index contributed by atoms with van der Waals surface area (Å²) in [4.78, 5) is 10.5. The van der Waals surface area contributed by atoms with Crippen molar-refractivity contribution in [3.05, 3.63) is 12.2 Å². The number of carbonyl (C=O) groups excluding carboxylic acids is 1. The van der Waals surface area contributed by atoms with Crippen LogP contribution in [0.2, 0.25) is 0 Å². The molecule has 0 aromatic heterocycles. The van der Waals surface area contributed by atoms with Crippen LogP contribution >= 0.6 is 0 Å². The zero-order valence-corrected chi connectivity index (χ0v) is 9.87. The summed E-state index contributed by atoms with van der Waals surface area (Å²) in [6.45, 7) is 3.57. The number of unbranched alkanes of at least 4 members (excludes halogenated alkanes) is 5. The van der Waals surface area contributed by atoms with E-state index in [2.05, 4.69) is 6.92 Å². The van der Waals surface area contributed by atoms with E-state index in [4.69, 9.17) is 10.5 Å². The van der Waals surface area contributed by atoms with Gasteiger partial charge in [0.2, 0.25) is 0 Å². The van der Waals surface area contributed by atoms with Gasteiger partial charge in [-0.05, 0) is 18.9 Å². The minimum atomic E-state index is -0.585. The van der Waals surface area contributed by atoms with Crippen LogP contribution in [-0.2, 0) is 9.53 Å². The monoisotopic (exact) mass is 213 g/mol. The zero-order valence-electron chi connectivity index (χ0n) is 9.87. The van der Waals surface area contributed by atoms with Gasteiger partial charge >= 0.3 is 5.97 Å². The fraction of sp³-hybridized carbons (Fsp3) is 0.750. The minimum absolute atomic E-state index is 0.338. The highest BCUT2D eigenvalue weighted by Gasteiger charge is 1.98. The third-order valence-electron chi connectivity index (χ3n) is 2.10. The molecule has 0 fully saturated rings. The SMILES string of the molecule is CCCCCCCC=CC(N)OC(C)=O. The number of nitrogens with two attached hydrogens (primary N) is 1. The van der Waals surface area contributed by atoms with Crippen molar-refractivity contribution in [2.24, 2.45) is 5.73 Å². The molecule has 0 saturated heterocycles. The number of rotatable bonds is 8. The molecular formula is C12H23NO2. The smallest absolute Gasteiger partial charge is 0.304 e. The van der Waals surface area contributed by atoms with E-state index in [9.17, 15) is 4.79 Å². The molecule has 0 aliphatic carbocycles. The first-order valence-corrected chi connectivity index (χ1v) is 5.76. The molecule has 1 atom stereocenters. The summed E-state index contributed by atoms with van der Waals surface area (Å²) in [6.07, 6.45) is 10.5. The lowest BCUT2D eigenvalue weighted by Crippen LogP contribution is -2.23. The van der Waals surface area contributed by atoms with Crippen molar-refractivity contribution in [1.29, 1.82) is 0 Å². The predicted octanol–water partition coefficient (Wildman–Crippen LogP) is 2.75. The quantitative estimate of drug-likeness (QED) is 0.292. The molecule has 0 amide bonds. The maximum Gasteiger partial charge on any atom is 0.304 e. The van der Waals surface area contributed by atoms with E-state index in [1.165, 1.54) is 39.0 Å². The number of ether oxygens (including phenoxy) is 1. The molecule has 15 heavy (non-hydrogen) atoms. The van der Waals surface area contributed by atoms with Gasteiger partial charge in [-0.3, -0.25) is 10.5 Å². The van der Waals surface area contributed by atoms with Crippen molar-refractivity contribution in [3.8, 4) is 0 Å². The molecule has 1 unspecified atom stereocenters. The number of allylic oxidation sites excluding steroid dienone is 1. The van der Waals surface area contributed by atoms with Crippen LogP contribution in [0.15, 0.2) is 12.2 Å². The van der Waals surface area contributed by atoms with Gasteiger partial charge < -0.3 is 4.74 Å². The fourth-order valence-electron chi connectivity index (χ4n) is 1.33. The fourth-order valence-corrected chi connectivity index (χ4v) is 1.33. The largest absolute Gasteiger partial charge is 0.443 e. The molecule has 3 nitrogen and oxygen atoms in total. The lowest BCUT2D eigenvalue weighted by Gasteiger charge is -2.05. The second-order valence-electron chi connectivity index (χ2n) is 3.71. The topological polar surface area (TPSA) is 52.3 Å². The Kier molecular flexibility index (Phi) is 9.18. The average Bonchev–Trinajstić information content (AvgIpc) is 2.15. The van der Waals surface area contributed by atoms with E-state index in [0.29, 0.717) is 0 Å². The van der Waals surface area contributed by atoms with Gasteiger partial charge in [0.15, 0.2) is 6.23 Å². The van der Waals surface area contributed by atoms with Crippen LogP contribution in [0.1, 0.15) is 52.4 Å². The molecule has 0 aliphatic heterocycles. The van der Waals surface area contributed by atoms with Crippen LogP contribution in [-0.4, -0.2) is 12.2 Å². The molecule has 0 rings (SSSR count). The maximum absolute atomic E-state index is 10.5. The van der Waals surface area contributed by atoms with E-state index >= 15 is 0 Å². The van der Waals surface area contributed by atoms with Gasteiger partial charge in [-0.15, -0.1) is 0 Å². The van der Waals surface area contributed by atoms with E-state index in [1.807, 2.05) is 6.08 Å². The summed E-state index contributed by atoms with van der Waals surface area (Å²) in [7, 11) is 0. The summed E-state index contributed by atoms with van der Waals surface area (Å²) in [5.74, 6) is -0.338. The molecular weight excluding hydrogens is 190 g/mol. The highest BCUT2D eigenvalue weighted by Crippen LogP contribution is 2.05. The standard InChI is InChI=1S/C12H23NO2/c1-3-4-5-6-7-8-9-10-12(13)15-11(2)14/h9-10,12H,3-8,13H2,1-2H3. The van der Waals surface area contributed by atoms with Gasteiger partial charge in [0, 0.05) is 6.92 Å². The molecule has 0 spiro atoms. The number of hydrogen-bond donors (Lipinski definition) is 1. The Morgan fingerprint density at radius 2 is 2.00 bits per heavy atom. The van der Waals surface area contributed by atoms with Crippen molar-refractivity contribution in [2.45, 2.75) is 58.6 Å². The summed E-state index contributed by atoms with van der Waals surface area (Å²) in [6, 6.07) is 0. The first-order chi connectivity index (χ1) is 7.16. The first kappa shape index (κ1) is 14.2. The normalized spacial score (nSPS) is 13.0. The Hall–Kier alpha value is -0.830. The number of carbonyl (C=O) groups is 1. The van der Waals surface area contributed by atoms with Crippen LogP contribution in [0, 0.1) is 0 Å². The van der Waals surface area contributed by atoms with Gasteiger partial charge in [-0.1, -0.05) is 38.7 Å². The minimum Gasteiger partial charge on any atom is -0.443 e. The summed E-state index contributed by atoms with van der Waals surface area (Å²) in [5, 5.41) is 0. The van der Waals surface area contributed by atoms with E-state index < -0.39 is 6.23 Å². The van der Waals surface area contributed by atoms with Gasteiger partial charge in [-0.25, -0.2) is 0 Å². The molecule has 0 heterocycles. The summed E-state index contributed by atoms with van der Waals surface area (Å²) < 4.78 is 4.75. The van der Waals surface area contributed by atoms with Gasteiger partial charge in [0.25, 0.3) is 0 Å². The molecule has 2 N–H and O–H groups in total. The molecule has 0 radical (unpaired) electrons. The van der Waals surface area contributed by atoms with Crippen LogP contribution < -0.4 is 5.73 Å². The van der Waals surface area contributed by atoms with Crippen LogP contribution in [0.25, 0.3) is 0 Å². The van der Waals surface area contributed by atoms with Crippen molar-refractivity contribution >= 4 is 5.97 Å². The molecule has 0 aromatic carbocycles. The zero-order chi connectivity index (χ0) is 11.5. The average molecular weight is 213 g/mol. The van der Waals surface area contributed by atoms with Gasteiger partial charge in [-0.2, -0.15) is 0 Å². The molecule has 0 saturated carbocycles. The summed E-state index contributed by atoms with van der Waals surface area (Å²) in [5.41, 5.74) is 5.51. The van der Waals surface area contributed by atoms with Crippen molar-refractivity contribution in [3.63, 3.8) is 0 Å². The summed E-state index contributed by atoms with van der Waals surface area (Å²) >= 11 is 0. The van der Waals surface area contributed by atoms with Crippen LogP contribution in [0.3, 0.4) is 0 Å². The molecule has 0 aliphatic rings. The highest BCUT2D eigenvalue weighted by atomic mass is 16.5. The number of hydrogen-bond acceptors (Lipinski definition) is 3. The van der Waals surface area contributed by atoms with E-state index in [-0.39, 0.29) is 5.97 Å². The molecule has 3 heteroatoms. The Balaban J connectivity index is 3.33. The predicted molar refractivity (Wildman–Crippen MR) is 62.3 cm³/mol. The number of esters is 1. The van der Waals surface area contributed by atoms with Crippen LogP contribution in [0.5, 0.6) is 0 Å². The Morgan fingerprint density at radius 3 is 2.60 bits per heavy atom. The third-order valence-corrected chi connectivity index (χ3v) is 2.10. The third kappa shape index (κ3) is 11.1. The van der Waals surface area contributed by atoms with Gasteiger partial charge in [0.1, 0.15) is 0 Å². The molecule has 0 aromatic rings. The second-order valence-corrected chi connectivity index (χ2v) is 3.71. The Morgan fingerprint density at radius 1 is 1.33 bits per heavy atom. The highest BCUT2D eigenvalue weighted by molar-refractivity contribution is 5.66. The van der Waals surface area contributed by atoms with Crippen molar-refractivity contribution in [1.82, 2.24) is 0 Å². The lowest BCUT2D eigenvalue weighted by molar-refractivity contribution is -0.143. The first-order valence-electron chi connectivity index (χ1n) is 5.76. The second kappa shape index (κ2) is 9.71. The van der Waals surface area contributed by atoms with Crippen LogP contribution in [0.4, 0.5) is 0 Å².